The molecule has 104 valence electrons. The lowest BCUT2D eigenvalue weighted by atomic mass is 10.2. The van der Waals surface area contributed by atoms with Gasteiger partial charge in [0, 0.05) is 23.6 Å². The summed E-state index contributed by atoms with van der Waals surface area (Å²) in [5.74, 6) is 0. The third-order valence-corrected chi connectivity index (χ3v) is 2.76. The number of H-pyrrole nitrogens is 1. The molecule has 0 bridgehead atoms. The highest BCUT2D eigenvalue weighted by Crippen LogP contribution is 2.15. The van der Waals surface area contributed by atoms with Crippen LogP contribution in [0.15, 0.2) is 84.1 Å². The van der Waals surface area contributed by atoms with Gasteiger partial charge in [-0.15, -0.1) is 0 Å². The van der Waals surface area contributed by atoms with E-state index in [4.69, 9.17) is 0 Å². The molecule has 1 aromatic heterocycles. The Bertz CT molecular complexity index is 710. The molecule has 0 saturated carbocycles. The lowest BCUT2D eigenvalue weighted by molar-refractivity contribution is 1.43. The highest BCUT2D eigenvalue weighted by molar-refractivity contribution is 6.36. The number of hydrogen-bond donors (Lipinski definition) is 1. The maximum absolute atomic E-state index is 4.10. The smallest absolute Gasteiger partial charge is 0.0811 e. The molecule has 21 heavy (non-hydrogen) atoms. The van der Waals surface area contributed by atoms with Crippen LogP contribution in [0, 0.1) is 0 Å². The fourth-order valence-electron chi connectivity index (χ4n) is 1.85. The number of hydrogen-bond acceptors (Lipinski definition) is 2. The summed E-state index contributed by atoms with van der Waals surface area (Å²) in [5, 5.41) is 1.20. The minimum atomic E-state index is 0.714. The number of nitrogens with one attached hydrogen (secondary N) is 1. The van der Waals surface area contributed by atoms with Gasteiger partial charge in [-0.05, 0) is 29.7 Å². The first-order valence-electron chi connectivity index (χ1n) is 6.59. The Kier molecular flexibility index (Phi) is 5.24. The molecule has 0 amide bonds. The van der Waals surface area contributed by atoms with Crippen LogP contribution in [0.1, 0.15) is 5.69 Å². The minimum Gasteiger partial charge on any atom is -0.355 e. The van der Waals surface area contributed by atoms with E-state index in [1.807, 2.05) is 36.4 Å². The summed E-state index contributed by atoms with van der Waals surface area (Å²) in [6.07, 6.45) is 12.3. The minimum absolute atomic E-state index is 0.714. The number of rotatable bonds is 6. The second-order valence-electron chi connectivity index (χ2n) is 4.23. The molecule has 0 fully saturated rings. The summed E-state index contributed by atoms with van der Waals surface area (Å²) in [4.78, 5) is 11.4. The zero-order valence-corrected chi connectivity index (χ0v) is 11.7. The molecule has 0 radical (unpaired) electrons. The van der Waals surface area contributed by atoms with Crippen LogP contribution < -0.4 is 0 Å². The summed E-state index contributed by atoms with van der Waals surface area (Å²) >= 11 is 0. The van der Waals surface area contributed by atoms with Crippen LogP contribution in [0.3, 0.4) is 0 Å². The first-order valence-corrected chi connectivity index (χ1v) is 6.59. The van der Waals surface area contributed by atoms with Crippen LogP contribution in [0.25, 0.3) is 17.0 Å². The van der Waals surface area contributed by atoms with Gasteiger partial charge in [0.1, 0.15) is 0 Å². The molecule has 3 nitrogen and oxygen atoms in total. The van der Waals surface area contributed by atoms with Gasteiger partial charge in [-0.25, -0.2) is 0 Å². The number of para-hydroxylation sites is 1. The molecule has 3 heteroatoms. The second-order valence-corrected chi connectivity index (χ2v) is 4.23. The van der Waals surface area contributed by atoms with E-state index in [0.717, 1.165) is 11.2 Å². The van der Waals surface area contributed by atoms with E-state index >= 15 is 0 Å². The van der Waals surface area contributed by atoms with Gasteiger partial charge in [-0.2, -0.15) is 0 Å². The Morgan fingerprint density at radius 3 is 2.71 bits per heavy atom. The number of aromatic nitrogens is 1. The number of benzene rings is 1. The van der Waals surface area contributed by atoms with E-state index < -0.39 is 0 Å². The number of nitrogens with zero attached hydrogens (tertiary/aromatic N) is 2. The van der Waals surface area contributed by atoms with Crippen molar-refractivity contribution in [3.05, 3.63) is 79.8 Å². The first kappa shape index (κ1) is 14.5. The molecular formula is C18H17N3. The Morgan fingerprint density at radius 2 is 1.95 bits per heavy atom. The normalized spacial score (nSPS) is 12.9. The number of aliphatic imine (C=N–C) groups is 2. The van der Waals surface area contributed by atoms with Crippen molar-refractivity contribution in [1.82, 2.24) is 4.98 Å². The Morgan fingerprint density at radius 1 is 1.10 bits per heavy atom. The van der Waals surface area contributed by atoms with Crippen LogP contribution in [-0.4, -0.2) is 16.9 Å². The molecular weight excluding hydrogens is 258 g/mol. The van der Waals surface area contributed by atoms with Gasteiger partial charge < -0.3 is 4.98 Å². The molecule has 1 aromatic carbocycles. The molecule has 0 aliphatic rings. The van der Waals surface area contributed by atoms with Crippen LogP contribution in [0.5, 0.6) is 0 Å². The lowest BCUT2D eigenvalue weighted by Crippen LogP contribution is -1.92. The van der Waals surface area contributed by atoms with Crippen molar-refractivity contribution in [1.29, 1.82) is 0 Å². The van der Waals surface area contributed by atoms with Crippen molar-refractivity contribution in [2.75, 3.05) is 0 Å². The largest absolute Gasteiger partial charge is 0.355 e. The molecule has 2 rings (SSSR count). The average Bonchev–Trinajstić information content (AvgIpc) is 2.91. The van der Waals surface area contributed by atoms with Crippen molar-refractivity contribution in [2.24, 2.45) is 9.98 Å². The van der Waals surface area contributed by atoms with Gasteiger partial charge in [0.05, 0.1) is 11.9 Å². The van der Waals surface area contributed by atoms with Crippen LogP contribution in [0.2, 0.25) is 0 Å². The van der Waals surface area contributed by atoms with Gasteiger partial charge in [-0.1, -0.05) is 43.5 Å². The van der Waals surface area contributed by atoms with E-state index in [2.05, 4.69) is 46.3 Å². The lowest BCUT2D eigenvalue weighted by Gasteiger charge is -1.88. The van der Waals surface area contributed by atoms with Crippen LogP contribution in [0.4, 0.5) is 0 Å². The van der Waals surface area contributed by atoms with E-state index in [1.54, 1.807) is 6.21 Å². The fourth-order valence-corrected chi connectivity index (χ4v) is 1.85. The predicted octanol–water partition coefficient (Wildman–Crippen LogP) is 4.54. The van der Waals surface area contributed by atoms with Gasteiger partial charge in [0.2, 0.25) is 0 Å². The molecule has 0 unspecified atom stereocenters. The van der Waals surface area contributed by atoms with E-state index in [9.17, 15) is 0 Å². The molecule has 0 aliphatic carbocycles. The second kappa shape index (κ2) is 7.60. The van der Waals surface area contributed by atoms with Crippen molar-refractivity contribution < 1.29 is 0 Å². The van der Waals surface area contributed by atoms with Crippen LogP contribution in [-0.2, 0) is 0 Å². The van der Waals surface area contributed by atoms with Crippen molar-refractivity contribution >= 4 is 28.9 Å². The summed E-state index contributed by atoms with van der Waals surface area (Å²) in [6, 6.07) is 10.3. The predicted molar refractivity (Wildman–Crippen MR) is 92.8 cm³/mol. The maximum Gasteiger partial charge on any atom is 0.0811 e. The third kappa shape index (κ3) is 4.28. The van der Waals surface area contributed by atoms with Crippen molar-refractivity contribution in [2.45, 2.75) is 0 Å². The third-order valence-electron chi connectivity index (χ3n) is 2.76. The number of aromatic amines is 1. The molecule has 1 heterocycles. The number of allylic oxidation sites excluding steroid dienone is 3. The molecule has 0 aliphatic heterocycles. The summed E-state index contributed by atoms with van der Waals surface area (Å²) in [5.41, 5.74) is 2.90. The van der Waals surface area contributed by atoms with Crippen molar-refractivity contribution in [3.63, 3.8) is 0 Å². The number of fused-ring (bicyclic) bond motifs is 1. The van der Waals surface area contributed by atoms with E-state index in [1.165, 1.54) is 17.8 Å². The monoisotopic (exact) mass is 275 g/mol. The van der Waals surface area contributed by atoms with Gasteiger partial charge in [0.25, 0.3) is 0 Å². The topological polar surface area (TPSA) is 40.5 Å². The standard InChI is InChI=1S/C18H17N3/c1-3-19-14-17(20-4-2)11-7-6-10-16-13-15-9-5-8-12-18(15)21-16/h3-14,21H,1-2H2/b10-6+,11-7+,19-14-,20-17-. The van der Waals surface area contributed by atoms with Gasteiger partial charge in [-0.3, -0.25) is 9.98 Å². The van der Waals surface area contributed by atoms with Crippen molar-refractivity contribution in [3.8, 4) is 0 Å². The summed E-state index contributed by atoms with van der Waals surface area (Å²) in [6.45, 7) is 7.11. The highest BCUT2D eigenvalue weighted by Gasteiger charge is 1.95. The van der Waals surface area contributed by atoms with E-state index in [-0.39, 0.29) is 0 Å². The molecule has 0 spiro atoms. The van der Waals surface area contributed by atoms with Gasteiger partial charge >= 0.3 is 0 Å². The van der Waals surface area contributed by atoms with Crippen LogP contribution >= 0.6 is 0 Å². The maximum atomic E-state index is 4.10. The first-order chi connectivity index (χ1) is 10.3. The zero-order valence-electron chi connectivity index (χ0n) is 11.7. The fraction of sp³-hybridized carbons (Fsp3) is 0. The highest BCUT2D eigenvalue weighted by atomic mass is 14.7. The summed E-state index contributed by atoms with van der Waals surface area (Å²) in [7, 11) is 0. The van der Waals surface area contributed by atoms with Gasteiger partial charge in [0.15, 0.2) is 0 Å². The Hall–Kier alpha value is -2.94. The summed E-state index contributed by atoms with van der Waals surface area (Å²) < 4.78 is 0. The molecule has 0 atom stereocenters. The Balaban J connectivity index is 2.08. The quantitative estimate of drug-likeness (QED) is 0.594. The molecule has 1 N–H and O–H groups in total. The van der Waals surface area contributed by atoms with E-state index in [0.29, 0.717) is 5.71 Å². The zero-order chi connectivity index (χ0) is 14.9. The molecule has 0 saturated heterocycles. The SMILES string of the molecule is C=C\N=C/C(/C=C/C=C/c1cc2ccccc2[nH]1)=N\C=C. The Labute approximate surface area is 124 Å². The molecule has 2 aromatic rings. The average molecular weight is 275 g/mol.